The fraction of sp³-hybridized carbons (Fsp3) is 0.250. The van der Waals surface area contributed by atoms with Crippen molar-refractivity contribution in [1.29, 1.82) is 0 Å². The largest absolute Gasteiger partial charge is 0.427 e. The number of halogens is 3. The minimum absolute atomic E-state index is 0.0553. The van der Waals surface area contributed by atoms with E-state index in [0.29, 0.717) is 11.3 Å². The lowest BCUT2D eigenvalue weighted by Gasteiger charge is -2.04. The second-order valence-corrected chi connectivity index (χ2v) is 6.21. The molecule has 0 aliphatic heterocycles. The predicted molar refractivity (Wildman–Crippen MR) is 78.6 cm³/mol. The molecule has 1 aliphatic rings. The highest BCUT2D eigenvalue weighted by molar-refractivity contribution is 7.11. The number of alkyl halides is 3. The van der Waals surface area contributed by atoms with Crippen LogP contribution in [-0.2, 0) is 23.8 Å². The molecule has 1 aromatic heterocycles. The lowest BCUT2D eigenvalue weighted by atomic mass is 10.0. The van der Waals surface area contributed by atoms with Gasteiger partial charge in [0.1, 0.15) is 15.7 Å². The van der Waals surface area contributed by atoms with E-state index in [4.69, 9.17) is 0 Å². The highest BCUT2D eigenvalue weighted by Crippen LogP contribution is 2.34. The van der Waals surface area contributed by atoms with Crippen LogP contribution in [0, 0.1) is 0 Å². The Kier molecular flexibility index (Phi) is 3.87. The van der Waals surface area contributed by atoms with Gasteiger partial charge in [-0.25, -0.2) is 4.98 Å². The number of allylic oxidation sites excluding steroid dienone is 2. The summed E-state index contributed by atoms with van der Waals surface area (Å²) >= 11 is 0.535. The van der Waals surface area contributed by atoms with Crippen LogP contribution in [0.15, 0.2) is 36.5 Å². The van der Waals surface area contributed by atoms with E-state index in [-0.39, 0.29) is 23.6 Å². The van der Waals surface area contributed by atoms with E-state index in [2.05, 4.69) is 4.98 Å². The zero-order valence-electron chi connectivity index (χ0n) is 11.5. The smallest absolute Gasteiger partial charge is 0.299 e. The number of aromatic nitrogens is 1. The van der Waals surface area contributed by atoms with Gasteiger partial charge in [0.25, 0.3) is 0 Å². The predicted octanol–water partition coefficient (Wildman–Crippen LogP) is 4.30. The van der Waals surface area contributed by atoms with Crippen LogP contribution in [-0.4, -0.2) is 10.8 Å². The van der Waals surface area contributed by atoms with Gasteiger partial charge in [0, 0.05) is 6.42 Å². The Morgan fingerprint density at radius 2 is 2.00 bits per heavy atom. The number of hydrogen-bond acceptors (Lipinski definition) is 3. The van der Waals surface area contributed by atoms with Gasteiger partial charge in [-0.3, -0.25) is 4.79 Å². The molecule has 0 N–H and O–H groups in total. The molecule has 2 aromatic rings. The van der Waals surface area contributed by atoms with E-state index < -0.39 is 11.1 Å². The minimum Gasteiger partial charge on any atom is -0.299 e. The molecule has 0 unspecified atom stereocenters. The molecular weight excluding hydrogens is 311 g/mol. The zero-order chi connectivity index (χ0) is 15.7. The number of hydrogen-bond donors (Lipinski definition) is 0. The number of carbonyl (C=O) groups excluding carboxylic acids is 1. The van der Waals surface area contributed by atoms with Crippen molar-refractivity contribution in [2.45, 2.75) is 25.4 Å². The summed E-state index contributed by atoms with van der Waals surface area (Å²) in [6.07, 6.45) is -0.624. The first-order valence-electron chi connectivity index (χ1n) is 6.74. The fourth-order valence-corrected chi connectivity index (χ4v) is 3.30. The van der Waals surface area contributed by atoms with Crippen molar-refractivity contribution in [3.8, 4) is 0 Å². The molecule has 22 heavy (non-hydrogen) atoms. The third kappa shape index (κ3) is 3.11. The normalized spacial score (nSPS) is 13.9. The van der Waals surface area contributed by atoms with Crippen LogP contribution in [0.2, 0.25) is 0 Å². The zero-order valence-corrected chi connectivity index (χ0v) is 12.3. The number of ketones is 1. The Morgan fingerprint density at radius 3 is 2.73 bits per heavy atom. The number of carbonyl (C=O) groups is 1. The molecule has 3 rings (SSSR count). The molecule has 0 bridgehead atoms. The molecule has 1 aliphatic carbocycles. The van der Waals surface area contributed by atoms with E-state index >= 15 is 0 Å². The van der Waals surface area contributed by atoms with Gasteiger partial charge in [-0.05, 0) is 23.1 Å². The Balaban J connectivity index is 1.66. The summed E-state index contributed by atoms with van der Waals surface area (Å²) in [7, 11) is 0. The maximum atomic E-state index is 12.5. The minimum atomic E-state index is -4.40. The van der Waals surface area contributed by atoms with E-state index in [1.165, 1.54) is 5.56 Å². The quantitative estimate of drug-likeness (QED) is 0.839. The molecule has 6 heteroatoms. The number of thiazole rings is 1. The highest BCUT2D eigenvalue weighted by Gasteiger charge is 2.33. The van der Waals surface area contributed by atoms with E-state index in [9.17, 15) is 18.0 Å². The van der Waals surface area contributed by atoms with Gasteiger partial charge >= 0.3 is 6.18 Å². The summed E-state index contributed by atoms with van der Waals surface area (Å²) in [5.41, 5.74) is 3.19. The van der Waals surface area contributed by atoms with Crippen LogP contribution >= 0.6 is 11.3 Å². The topological polar surface area (TPSA) is 30.0 Å². The monoisotopic (exact) mass is 323 g/mol. The lowest BCUT2D eigenvalue weighted by molar-refractivity contribution is -0.134. The maximum absolute atomic E-state index is 12.5. The van der Waals surface area contributed by atoms with Gasteiger partial charge < -0.3 is 0 Å². The molecule has 0 radical (unpaired) electrons. The number of benzene rings is 1. The summed E-state index contributed by atoms with van der Waals surface area (Å²) in [6.45, 7) is 0. The Morgan fingerprint density at radius 1 is 1.23 bits per heavy atom. The highest BCUT2D eigenvalue weighted by atomic mass is 32.1. The molecule has 114 valence electrons. The summed E-state index contributed by atoms with van der Waals surface area (Å²) in [6, 6.07) is 7.84. The molecular formula is C16H12F3NOS. The summed E-state index contributed by atoms with van der Waals surface area (Å²) in [5, 5.41) is 0.212. The third-order valence-corrected chi connectivity index (χ3v) is 4.54. The van der Waals surface area contributed by atoms with Crippen LogP contribution in [0.5, 0.6) is 0 Å². The first kappa shape index (κ1) is 15.0. The van der Waals surface area contributed by atoms with Gasteiger partial charge in [0.05, 0.1) is 12.6 Å². The molecule has 0 atom stereocenters. The number of Topliss-reactive ketones (excluding diaryl/α,β-unsaturated/α-hetero) is 1. The van der Waals surface area contributed by atoms with Crippen LogP contribution in [0.1, 0.15) is 27.4 Å². The summed E-state index contributed by atoms with van der Waals surface area (Å²) < 4.78 is 37.5. The molecule has 1 heterocycles. The Hall–Kier alpha value is -1.95. The van der Waals surface area contributed by atoms with Gasteiger partial charge in [-0.1, -0.05) is 30.3 Å². The number of fused-ring (bicyclic) bond motifs is 1. The average Bonchev–Trinajstić information content (AvgIpc) is 3.06. The van der Waals surface area contributed by atoms with Gasteiger partial charge in [-0.2, -0.15) is 13.2 Å². The SMILES string of the molecule is O=C(CC1=CCc2ccccc21)Cc1ncc(C(F)(F)F)s1. The van der Waals surface area contributed by atoms with Crippen molar-refractivity contribution in [3.05, 3.63) is 57.6 Å². The van der Waals surface area contributed by atoms with Gasteiger partial charge in [-0.15, -0.1) is 11.3 Å². The van der Waals surface area contributed by atoms with Crippen molar-refractivity contribution in [2.75, 3.05) is 0 Å². The van der Waals surface area contributed by atoms with Gasteiger partial charge in [0.2, 0.25) is 0 Å². The molecule has 0 saturated heterocycles. The van der Waals surface area contributed by atoms with Crippen molar-refractivity contribution in [2.24, 2.45) is 0 Å². The molecule has 2 nitrogen and oxygen atoms in total. The van der Waals surface area contributed by atoms with Crippen molar-refractivity contribution in [1.82, 2.24) is 4.98 Å². The van der Waals surface area contributed by atoms with Crippen LogP contribution in [0.4, 0.5) is 13.2 Å². The summed E-state index contributed by atoms with van der Waals surface area (Å²) in [5.74, 6) is -0.119. The van der Waals surface area contributed by atoms with Gasteiger partial charge in [0.15, 0.2) is 0 Å². The first-order valence-corrected chi connectivity index (χ1v) is 7.56. The van der Waals surface area contributed by atoms with E-state index in [0.717, 1.165) is 23.8 Å². The molecule has 1 aromatic carbocycles. The average molecular weight is 323 g/mol. The lowest BCUT2D eigenvalue weighted by Crippen LogP contribution is -2.03. The fourth-order valence-electron chi connectivity index (χ4n) is 2.49. The number of rotatable bonds is 4. The van der Waals surface area contributed by atoms with Crippen LogP contribution < -0.4 is 0 Å². The molecule has 0 amide bonds. The first-order chi connectivity index (χ1) is 10.4. The van der Waals surface area contributed by atoms with Crippen LogP contribution in [0.3, 0.4) is 0 Å². The Labute approximate surface area is 129 Å². The maximum Gasteiger partial charge on any atom is 0.427 e. The Bertz CT molecular complexity index is 746. The molecule has 0 saturated carbocycles. The second kappa shape index (κ2) is 5.68. The standard InChI is InChI=1S/C16H12F3NOS/c17-16(18,19)14-9-20-15(22-14)8-12(21)7-11-6-5-10-3-1-2-4-13(10)11/h1-4,6,9H,5,7-8H2. The second-order valence-electron chi connectivity index (χ2n) is 5.10. The molecule has 0 spiro atoms. The number of nitrogens with zero attached hydrogens (tertiary/aromatic N) is 1. The summed E-state index contributed by atoms with van der Waals surface area (Å²) in [4.78, 5) is 15.0. The van der Waals surface area contributed by atoms with Crippen LogP contribution in [0.25, 0.3) is 5.57 Å². The van der Waals surface area contributed by atoms with Crippen molar-refractivity contribution in [3.63, 3.8) is 0 Å². The third-order valence-electron chi connectivity index (χ3n) is 3.50. The van der Waals surface area contributed by atoms with Crippen molar-refractivity contribution < 1.29 is 18.0 Å². The van der Waals surface area contributed by atoms with E-state index in [1.807, 2.05) is 30.3 Å². The van der Waals surface area contributed by atoms with E-state index in [1.54, 1.807) is 0 Å². The van der Waals surface area contributed by atoms with Crippen molar-refractivity contribution >= 4 is 22.7 Å². The molecule has 0 fully saturated rings.